The molecule has 0 saturated carbocycles. The van der Waals surface area contributed by atoms with Gasteiger partial charge in [0.05, 0.1) is 18.8 Å². The van der Waals surface area contributed by atoms with Crippen LogP contribution in [0.15, 0.2) is 54.6 Å². The number of aliphatic hydroxyl groups excluding tert-OH is 1. The Morgan fingerprint density at radius 2 is 1.83 bits per heavy atom. The number of esters is 1. The minimum atomic E-state index is -0.376. The first-order chi connectivity index (χ1) is 14.1. The highest BCUT2D eigenvalue weighted by atomic mass is 16.5. The van der Waals surface area contributed by atoms with E-state index in [0.29, 0.717) is 12.2 Å². The third-order valence-electron chi connectivity index (χ3n) is 5.47. The Kier molecular flexibility index (Phi) is 5.09. The maximum Gasteiger partial charge on any atom is 0.340 e. The summed E-state index contributed by atoms with van der Waals surface area (Å²) in [5.74, 6) is -0.376. The van der Waals surface area contributed by atoms with E-state index in [9.17, 15) is 9.90 Å². The van der Waals surface area contributed by atoms with Crippen molar-refractivity contribution < 1.29 is 14.6 Å². The van der Waals surface area contributed by atoms with Crippen LogP contribution in [-0.4, -0.2) is 22.2 Å². The smallest absolute Gasteiger partial charge is 0.340 e. The van der Waals surface area contributed by atoms with Crippen molar-refractivity contribution in [1.82, 2.24) is 4.57 Å². The molecule has 148 valence electrons. The van der Waals surface area contributed by atoms with Crippen molar-refractivity contribution in [1.29, 1.82) is 0 Å². The van der Waals surface area contributed by atoms with Gasteiger partial charge in [-0.3, -0.25) is 0 Å². The second kappa shape index (κ2) is 7.70. The van der Waals surface area contributed by atoms with Gasteiger partial charge in [0.25, 0.3) is 0 Å². The van der Waals surface area contributed by atoms with Gasteiger partial charge in [0.2, 0.25) is 0 Å². The quantitative estimate of drug-likeness (QED) is 0.504. The summed E-state index contributed by atoms with van der Waals surface area (Å²) in [7, 11) is 1.88. The van der Waals surface area contributed by atoms with Crippen LogP contribution < -0.4 is 5.73 Å². The molecule has 0 atom stereocenters. The van der Waals surface area contributed by atoms with Gasteiger partial charge >= 0.3 is 5.97 Å². The summed E-state index contributed by atoms with van der Waals surface area (Å²) in [5, 5.41) is 13.1. The predicted molar refractivity (Wildman–Crippen MR) is 116 cm³/mol. The molecule has 0 bridgehead atoms. The van der Waals surface area contributed by atoms with E-state index in [0.717, 1.165) is 44.1 Å². The molecule has 4 rings (SSSR count). The molecule has 0 saturated heterocycles. The first kappa shape index (κ1) is 19.2. The van der Waals surface area contributed by atoms with E-state index in [1.54, 1.807) is 6.92 Å². The van der Waals surface area contributed by atoms with Crippen LogP contribution >= 0.6 is 0 Å². The summed E-state index contributed by atoms with van der Waals surface area (Å²) in [4.78, 5) is 12.7. The largest absolute Gasteiger partial charge is 0.462 e. The number of carbonyl (C=O) groups is 1. The highest BCUT2D eigenvalue weighted by molar-refractivity contribution is 6.08. The maximum atomic E-state index is 12.7. The normalized spacial score (nSPS) is 11.3. The second-order valence-electron chi connectivity index (χ2n) is 7.02. The number of hydrogen-bond acceptors (Lipinski definition) is 4. The number of nitrogens with zero attached hydrogens (tertiary/aromatic N) is 1. The van der Waals surface area contributed by atoms with Crippen molar-refractivity contribution in [2.24, 2.45) is 12.8 Å². The van der Waals surface area contributed by atoms with Gasteiger partial charge in [-0.1, -0.05) is 42.5 Å². The highest BCUT2D eigenvalue weighted by Gasteiger charge is 2.23. The zero-order valence-corrected chi connectivity index (χ0v) is 16.6. The molecular weight excluding hydrogens is 364 g/mol. The first-order valence-corrected chi connectivity index (χ1v) is 9.71. The number of carbonyl (C=O) groups excluding carboxylic acids is 1. The molecule has 0 aliphatic carbocycles. The summed E-state index contributed by atoms with van der Waals surface area (Å²) in [5.41, 5.74) is 10.7. The van der Waals surface area contributed by atoms with E-state index in [-0.39, 0.29) is 19.1 Å². The van der Waals surface area contributed by atoms with Crippen LogP contribution in [0.4, 0.5) is 0 Å². The van der Waals surface area contributed by atoms with E-state index in [4.69, 9.17) is 10.5 Å². The third-order valence-corrected chi connectivity index (χ3v) is 5.47. The number of hydrogen-bond donors (Lipinski definition) is 2. The van der Waals surface area contributed by atoms with Gasteiger partial charge in [0.1, 0.15) is 0 Å². The predicted octanol–water partition coefficient (Wildman–Crippen LogP) is 4.13. The third kappa shape index (κ3) is 3.09. The lowest BCUT2D eigenvalue weighted by molar-refractivity contribution is 0.0527. The lowest BCUT2D eigenvalue weighted by Gasteiger charge is -2.12. The average Bonchev–Trinajstić information content (AvgIpc) is 3.03. The maximum absolute atomic E-state index is 12.7. The van der Waals surface area contributed by atoms with Crippen LogP contribution in [0, 0.1) is 0 Å². The van der Waals surface area contributed by atoms with Crippen molar-refractivity contribution in [3.05, 3.63) is 71.4 Å². The standard InChI is InChI=1S/C24H24N2O3/c1-3-29-24(28)23-20-12-19(16(14-27)11-21(20)26(2)22(23)13-25)18-10-6-8-15-7-4-5-9-17(15)18/h4-12,27H,3,13-14,25H2,1-2H3. The Morgan fingerprint density at radius 1 is 1.07 bits per heavy atom. The Morgan fingerprint density at radius 3 is 2.55 bits per heavy atom. The Balaban J connectivity index is 2.07. The monoisotopic (exact) mass is 388 g/mol. The van der Waals surface area contributed by atoms with Gasteiger partial charge in [-0.25, -0.2) is 4.79 Å². The van der Waals surface area contributed by atoms with Gasteiger partial charge in [0.15, 0.2) is 0 Å². The minimum absolute atomic E-state index is 0.105. The molecule has 5 nitrogen and oxygen atoms in total. The van der Waals surface area contributed by atoms with Gasteiger partial charge in [-0.05, 0) is 46.5 Å². The topological polar surface area (TPSA) is 77.5 Å². The number of aryl methyl sites for hydroxylation is 1. The van der Waals surface area contributed by atoms with Crippen molar-refractivity contribution >= 4 is 27.6 Å². The van der Waals surface area contributed by atoms with E-state index in [2.05, 4.69) is 18.2 Å². The second-order valence-corrected chi connectivity index (χ2v) is 7.02. The van der Waals surface area contributed by atoms with Gasteiger partial charge < -0.3 is 20.1 Å². The number of rotatable bonds is 5. The van der Waals surface area contributed by atoms with Crippen LogP contribution in [-0.2, 0) is 24.9 Å². The molecule has 4 aromatic rings. The van der Waals surface area contributed by atoms with Gasteiger partial charge in [0, 0.05) is 30.2 Å². The SMILES string of the molecule is CCOC(=O)c1c(CN)n(C)c2cc(CO)c(-c3cccc4ccccc34)cc12. The Labute approximate surface area is 169 Å². The zero-order chi connectivity index (χ0) is 20.5. The first-order valence-electron chi connectivity index (χ1n) is 9.71. The fourth-order valence-electron chi connectivity index (χ4n) is 4.09. The summed E-state index contributed by atoms with van der Waals surface area (Å²) in [6, 6.07) is 18.2. The van der Waals surface area contributed by atoms with Crippen LogP contribution in [0.2, 0.25) is 0 Å². The number of nitrogens with two attached hydrogens (primary N) is 1. The van der Waals surface area contributed by atoms with Gasteiger partial charge in [-0.2, -0.15) is 0 Å². The number of aromatic nitrogens is 1. The van der Waals surface area contributed by atoms with Crippen LogP contribution in [0.1, 0.15) is 28.5 Å². The molecule has 0 amide bonds. The fourth-order valence-corrected chi connectivity index (χ4v) is 4.09. The molecule has 29 heavy (non-hydrogen) atoms. The molecule has 1 heterocycles. The van der Waals surface area contributed by atoms with Crippen molar-refractivity contribution in [2.75, 3.05) is 6.61 Å². The molecule has 0 radical (unpaired) electrons. The summed E-state index contributed by atoms with van der Waals surface area (Å²) >= 11 is 0. The van der Waals surface area contributed by atoms with Crippen molar-refractivity contribution in [2.45, 2.75) is 20.1 Å². The Hall–Kier alpha value is -3.15. The molecule has 5 heteroatoms. The molecule has 3 aromatic carbocycles. The molecule has 0 aliphatic heterocycles. The van der Waals surface area contributed by atoms with E-state index in [1.807, 2.05) is 48.0 Å². The molecule has 0 aliphatic rings. The molecule has 3 N–H and O–H groups in total. The molecule has 0 spiro atoms. The average molecular weight is 388 g/mol. The zero-order valence-electron chi connectivity index (χ0n) is 16.6. The molecular formula is C24H24N2O3. The highest BCUT2D eigenvalue weighted by Crippen LogP contribution is 2.36. The lowest BCUT2D eigenvalue weighted by Crippen LogP contribution is -2.12. The summed E-state index contributed by atoms with van der Waals surface area (Å²) in [6.45, 7) is 2.20. The summed E-state index contributed by atoms with van der Waals surface area (Å²) in [6.07, 6.45) is 0. The summed E-state index contributed by atoms with van der Waals surface area (Å²) < 4.78 is 7.22. The van der Waals surface area contributed by atoms with E-state index < -0.39 is 0 Å². The van der Waals surface area contributed by atoms with Crippen LogP contribution in [0.3, 0.4) is 0 Å². The van der Waals surface area contributed by atoms with Crippen molar-refractivity contribution in [3.63, 3.8) is 0 Å². The van der Waals surface area contributed by atoms with Crippen LogP contribution in [0.25, 0.3) is 32.8 Å². The van der Waals surface area contributed by atoms with E-state index in [1.165, 1.54) is 0 Å². The lowest BCUT2D eigenvalue weighted by atomic mass is 9.93. The van der Waals surface area contributed by atoms with E-state index >= 15 is 0 Å². The molecule has 0 unspecified atom stereocenters. The van der Waals surface area contributed by atoms with Crippen molar-refractivity contribution in [3.8, 4) is 11.1 Å². The van der Waals surface area contributed by atoms with Crippen LogP contribution in [0.5, 0.6) is 0 Å². The minimum Gasteiger partial charge on any atom is -0.462 e. The number of ether oxygens (including phenoxy) is 1. The van der Waals surface area contributed by atoms with Gasteiger partial charge in [-0.15, -0.1) is 0 Å². The fraction of sp³-hybridized carbons (Fsp3) is 0.208. The Bertz CT molecular complexity index is 1220. The molecule has 1 aromatic heterocycles. The number of benzene rings is 3. The number of fused-ring (bicyclic) bond motifs is 2. The molecule has 0 fully saturated rings. The number of aliphatic hydroxyl groups is 1.